The van der Waals surface area contributed by atoms with Crippen molar-refractivity contribution in [1.82, 2.24) is 25.0 Å². The summed E-state index contributed by atoms with van der Waals surface area (Å²) in [4.78, 5) is 26.6. The Bertz CT molecular complexity index is 1090. The lowest BCUT2D eigenvalue weighted by Gasteiger charge is -2.16. The van der Waals surface area contributed by atoms with Crippen LogP contribution in [0.4, 0.5) is 14.7 Å². The van der Waals surface area contributed by atoms with Crippen molar-refractivity contribution in [2.45, 2.75) is 24.9 Å². The van der Waals surface area contributed by atoms with Gasteiger partial charge in [0.2, 0.25) is 18.0 Å². The fraction of sp³-hybridized carbons (Fsp3) is 0.350. The molecule has 1 amide bonds. The average Bonchev–Trinajstić information content (AvgIpc) is 3.36. The molecule has 0 aliphatic carbocycles. The number of alkyl halides is 2. The number of carbonyl (C=O) groups is 1. The average molecular weight is 430 g/mol. The Morgan fingerprint density at radius 3 is 2.68 bits per heavy atom. The van der Waals surface area contributed by atoms with Gasteiger partial charge in [0, 0.05) is 45.2 Å². The van der Waals surface area contributed by atoms with E-state index in [9.17, 15) is 18.7 Å². The lowest BCUT2D eigenvalue weighted by atomic mass is 9.98. The van der Waals surface area contributed by atoms with E-state index >= 15 is 0 Å². The van der Waals surface area contributed by atoms with Crippen molar-refractivity contribution < 1.29 is 23.2 Å². The van der Waals surface area contributed by atoms with Gasteiger partial charge in [-0.1, -0.05) is 11.2 Å². The fourth-order valence-electron chi connectivity index (χ4n) is 3.27. The van der Waals surface area contributed by atoms with Crippen LogP contribution < -0.4 is 5.32 Å². The highest BCUT2D eigenvalue weighted by Crippen LogP contribution is 2.34. The molecule has 31 heavy (non-hydrogen) atoms. The third kappa shape index (κ3) is 4.22. The largest absolute Gasteiger partial charge is 0.373 e. The van der Waals surface area contributed by atoms with Crippen molar-refractivity contribution in [3.05, 3.63) is 42.3 Å². The highest BCUT2D eigenvalue weighted by molar-refractivity contribution is 5.87. The Balaban J connectivity index is 1.56. The summed E-state index contributed by atoms with van der Waals surface area (Å²) < 4.78 is 29.9. The van der Waals surface area contributed by atoms with Gasteiger partial charge in [-0.25, -0.2) is 23.7 Å². The molecule has 1 atom stereocenters. The number of hydrogen-bond acceptors (Lipinski definition) is 8. The number of hydrogen-bond donors (Lipinski definition) is 2. The third-order valence-electron chi connectivity index (χ3n) is 5.00. The predicted molar refractivity (Wildman–Crippen MR) is 106 cm³/mol. The summed E-state index contributed by atoms with van der Waals surface area (Å²) in [5.74, 6) is -0.151. The lowest BCUT2D eigenvalue weighted by Crippen LogP contribution is -2.35. The molecule has 11 heteroatoms. The van der Waals surface area contributed by atoms with E-state index in [0.29, 0.717) is 29.3 Å². The van der Waals surface area contributed by atoms with Gasteiger partial charge >= 0.3 is 0 Å². The maximum atomic E-state index is 12.3. The van der Waals surface area contributed by atoms with Crippen LogP contribution in [0.3, 0.4) is 0 Å². The second-order valence-electron chi connectivity index (χ2n) is 7.19. The molecular weight excluding hydrogens is 410 g/mol. The minimum Gasteiger partial charge on any atom is -0.373 e. The zero-order valence-electron chi connectivity index (χ0n) is 16.6. The van der Waals surface area contributed by atoms with E-state index in [1.54, 1.807) is 31.3 Å². The van der Waals surface area contributed by atoms with E-state index in [1.807, 2.05) is 0 Å². The highest BCUT2D eigenvalue weighted by Gasteiger charge is 2.48. The standard InChI is InChI=1S/C20H20F2N6O3/c1-28-10-7-20(30,18(28)29)16-11-15(27-31-16)13-4-2-3-12(25-13)14-5-8-23-19(26-14)24-9-6-17(21)22/h2-5,8,11,17,30H,6-7,9-10H2,1H3,(H,23,24,26). The van der Waals surface area contributed by atoms with Gasteiger partial charge in [0.05, 0.1) is 17.1 Å². The molecule has 0 radical (unpaired) electrons. The molecule has 1 unspecified atom stereocenters. The topological polar surface area (TPSA) is 117 Å². The minimum atomic E-state index is -2.40. The number of aromatic nitrogens is 4. The summed E-state index contributed by atoms with van der Waals surface area (Å²) >= 11 is 0. The molecule has 3 aromatic heterocycles. The van der Waals surface area contributed by atoms with Gasteiger partial charge in [-0.15, -0.1) is 0 Å². The van der Waals surface area contributed by atoms with Crippen molar-refractivity contribution in [3.63, 3.8) is 0 Å². The van der Waals surface area contributed by atoms with E-state index in [-0.39, 0.29) is 31.1 Å². The van der Waals surface area contributed by atoms with E-state index in [0.717, 1.165) is 0 Å². The second-order valence-corrected chi connectivity index (χ2v) is 7.19. The van der Waals surface area contributed by atoms with Crippen LogP contribution >= 0.6 is 0 Å². The smallest absolute Gasteiger partial charge is 0.262 e. The first-order valence-corrected chi connectivity index (χ1v) is 9.65. The van der Waals surface area contributed by atoms with Crippen molar-refractivity contribution in [1.29, 1.82) is 0 Å². The molecule has 9 nitrogen and oxygen atoms in total. The van der Waals surface area contributed by atoms with Gasteiger partial charge in [0.25, 0.3) is 5.91 Å². The molecular formula is C20H20F2N6O3. The number of carbonyl (C=O) groups excluding carboxylic acids is 1. The molecule has 0 spiro atoms. The number of likely N-dealkylation sites (tertiary alicyclic amines) is 1. The van der Waals surface area contributed by atoms with Crippen LogP contribution in [0.1, 0.15) is 18.6 Å². The maximum Gasteiger partial charge on any atom is 0.262 e. The molecule has 1 fully saturated rings. The number of pyridine rings is 1. The number of rotatable bonds is 7. The SMILES string of the molecule is CN1CCC(O)(c2cc(-c3cccc(-c4ccnc(NCCC(F)F)n4)n3)no2)C1=O. The van der Waals surface area contributed by atoms with Crippen LogP contribution in [-0.4, -0.2) is 62.6 Å². The number of anilines is 1. The normalized spacial score (nSPS) is 18.7. The Labute approximate surface area is 176 Å². The first-order valence-electron chi connectivity index (χ1n) is 9.65. The quantitative estimate of drug-likeness (QED) is 0.587. The van der Waals surface area contributed by atoms with Gasteiger partial charge in [-0.3, -0.25) is 4.79 Å². The van der Waals surface area contributed by atoms with E-state index in [4.69, 9.17) is 4.52 Å². The molecule has 2 N–H and O–H groups in total. The number of amides is 1. The molecule has 4 rings (SSSR count). The minimum absolute atomic E-state index is 0.0487. The molecule has 0 aromatic carbocycles. The van der Waals surface area contributed by atoms with Crippen LogP contribution in [0.5, 0.6) is 0 Å². The molecule has 162 valence electrons. The summed E-state index contributed by atoms with van der Waals surface area (Å²) in [6, 6.07) is 8.34. The molecule has 0 saturated carbocycles. The zero-order valence-corrected chi connectivity index (χ0v) is 16.6. The van der Waals surface area contributed by atoms with E-state index in [2.05, 4.69) is 25.4 Å². The Kier molecular flexibility index (Phi) is 5.59. The number of aliphatic hydroxyl groups is 1. The van der Waals surface area contributed by atoms with E-state index in [1.165, 1.54) is 17.2 Å². The van der Waals surface area contributed by atoms with E-state index < -0.39 is 17.9 Å². The molecule has 1 aliphatic heterocycles. The molecule has 1 aliphatic rings. The highest BCUT2D eigenvalue weighted by atomic mass is 19.3. The summed E-state index contributed by atoms with van der Waals surface area (Å²) in [6.45, 7) is 0.466. The van der Waals surface area contributed by atoms with Crippen LogP contribution in [-0.2, 0) is 10.4 Å². The Hall–Kier alpha value is -3.47. The van der Waals surface area contributed by atoms with Crippen molar-refractivity contribution in [3.8, 4) is 22.8 Å². The van der Waals surface area contributed by atoms with Gasteiger partial charge in [-0.2, -0.15) is 0 Å². The van der Waals surface area contributed by atoms with Crippen LogP contribution in [0.25, 0.3) is 22.8 Å². The van der Waals surface area contributed by atoms with Crippen LogP contribution in [0.15, 0.2) is 41.1 Å². The summed E-state index contributed by atoms with van der Waals surface area (Å²) in [7, 11) is 1.61. The first-order chi connectivity index (χ1) is 14.9. The third-order valence-corrected chi connectivity index (χ3v) is 5.00. The van der Waals surface area contributed by atoms with Gasteiger partial charge in [0.15, 0.2) is 5.76 Å². The van der Waals surface area contributed by atoms with Crippen LogP contribution in [0.2, 0.25) is 0 Å². The number of halogens is 2. The Morgan fingerprint density at radius 1 is 1.23 bits per heavy atom. The Morgan fingerprint density at radius 2 is 1.97 bits per heavy atom. The lowest BCUT2D eigenvalue weighted by molar-refractivity contribution is -0.144. The summed E-state index contributed by atoms with van der Waals surface area (Å²) in [5.41, 5.74) is 0.0871. The summed E-state index contributed by atoms with van der Waals surface area (Å²) in [5, 5.41) is 17.4. The second kappa shape index (κ2) is 8.34. The molecule has 3 aromatic rings. The number of nitrogens with one attached hydrogen (secondary N) is 1. The predicted octanol–water partition coefficient (Wildman–Crippen LogP) is 2.31. The zero-order chi connectivity index (χ0) is 22.0. The number of likely N-dealkylation sites (N-methyl/N-ethyl adjacent to an activating group) is 1. The monoisotopic (exact) mass is 430 g/mol. The van der Waals surface area contributed by atoms with Crippen molar-refractivity contribution >= 4 is 11.9 Å². The fourth-order valence-corrected chi connectivity index (χ4v) is 3.27. The van der Waals surface area contributed by atoms with Gasteiger partial charge in [0.1, 0.15) is 5.69 Å². The maximum absolute atomic E-state index is 12.3. The molecule has 4 heterocycles. The molecule has 1 saturated heterocycles. The summed E-state index contributed by atoms with van der Waals surface area (Å²) in [6.07, 6.45) is -0.986. The first kappa shape index (κ1) is 20.8. The number of nitrogens with zero attached hydrogens (tertiary/aromatic N) is 5. The van der Waals surface area contributed by atoms with Gasteiger partial charge < -0.3 is 19.8 Å². The van der Waals surface area contributed by atoms with Crippen molar-refractivity contribution in [2.24, 2.45) is 0 Å². The molecule has 0 bridgehead atoms. The van der Waals surface area contributed by atoms with Crippen molar-refractivity contribution in [2.75, 3.05) is 25.5 Å². The van der Waals surface area contributed by atoms with Crippen LogP contribution in [0, 0.1) is 0 Å². The van der Waals surface area contributed by atoms with Gasteiger partial charge in [-0.05, 0) is 18.2 Å².